The second-order valence-corrected chi connectivity index (χ2v) is 13.6. The second kappa shape index (κ2) is 16.4. The molecule has 2 aromatic carbocycles. The Morgan fingerprint density at radius 1 is 0.915 bits per heavy atom. The summed E-state index contributed by atoms with van der Waals surface area (Å²) in [5.74, 6) is 2.10. The molecule has 2 saturated heterocycles. The highest BCUT2D eigenvalue weighted by molar-refractivity contribution is 5.96. The molecule has 2 aromatic rings. The average molecular weight is 644 g/mol. The molecule has 254 valence electrons. The van der Waals surface area contributed by atoms with Gasteiger partial charge in [-0.3, -0.25) is 19.4 Å². The highest BCUT2D eigenvalue weighted by atomic mass is 16.5. The third kappa shape index (κ3) is 9.69. The standard InChI is InChI=1S/C38H53N5O4/c1-38(18-14-32(15-19-38)36(44)39-28-30-6-10-34(46-4)11-7-30)43-25-23-42(24-26-43)37(45)33-16-21-41(22-17-33)29-31-8-12-35(13-9-31)47-27-5-20-40(2)3/h6-15,18,33H,5,16-17,19-29H2,1-4H3,(H,39,44). The van der Waals surface area contributed by atoms with Crippen LogP contribution in [0, 0.1) is 5.92 Å². The molecule has 1 N–H and O–H groups in total. The molecule has 0 radical (unpaired) electrons. The fourth-order valence-corrected chi connectivity index (χ4v) is 6.71. The van der Waals surface area contributed by atoms with Crippen molar-refractivity contribution in [1.82, 2.24) is 24.9 Å². The SMILES string of the molecule is COc1ccc(CNC(=O)C2=CCC(C)(N3CCN(C(=O)C4CCN(Cc5ccc(OCCCN(C)C)cc5)CC4)CC3)C=C2)cc1. The summed E-state index contributed by atoms with van der Waals surface area (Å²) in [5.41, 5.74) is 2.86. The van der Waals surface area contributed by atoms with Crippen molar-refractivity contribution in [1.29, 1.82) is 0 Å². The number of ether oxygens (including phenoxy) is 2. The van der Waals surface area contributed by atoms with E-state index in [0.29, 0.717) is 18.0 Å². The van der Waals surface area contributed by atoms with E-state index in [9.17, 15) is 9.59 Å². The van der Waals surface area contributed by atoms with Crippen molar-refractivity contribution in [3.63, 3.8) is 0 Å². The van der Waals surface area contributed by atoms with Gasteiger partial charge in [-0.1, -0.05) is 42.5 Å². The summed E-state index contributed by atoms with van der Waals surface area (Å²) in [7, 11) is 5.80. The molecule has 9 heteroatoms. The number of piperazine rings is 1. The fourth-order valence-electron chi connectivity index (χ4n) is 6.71. The number of nitrogens with zero attached hydrogens (tertiary/aromatic N) is 4. The van der Waals surface area contributed by atoms with Crippen LogP contribution in [0.4, 0.5) is 0 Å². The summed E-state index contributed by atoms with van der Waals surface area (Å²) in [4.78, 5) is 35.5. The van der Waals surface area contributed by atoms with Gasteiger partial charge in [0.15, 0.2) is 0 Å². The van der Waals surface area contributed by atoms with E-state index in [1.54, 1.807) is 7.11 Å². The quantitative estimate of drug-likeness (QED) is 0.326. The van der Waals surface area contributed by atoms with Crippen molar-refractivity contribution in [3.05, 3.63) is 83.5 Å². The van der Waals surface area contributed by atoms with E-state index in [1.807, 2.05) is 36.4 Å². The van der Waals surface area contributed by atoms with E-state index >= 15 is 0 Å². The number of methoxy groups -OCH3 is 1. The highest BCUT2D eigenvalue weighted by Gasteiger charge is 2.36. The lowest BCUT2D eigenvalue weighted by molar-refractivity contribution is -0.139. The van der Waals surface area contributed by atoms with E-state index in [-0.39, 0.29) is 17.4 Å². The smallest absolute Gasteiger partial charge is 0.251 e. The summed E-state index contributed by atoms with van der Waals surface area (Å²) < 4.78 is 11.1. The average Bonchev–Trinajstić information content (AvgIpc) is 3.10. The van der Waals surface area contributed by atoms with Crippen molar-refractivity contribution in [2.45, 2.75) is 51.2 Å². The first-order valence-corrected chi connectivity index (χ1v) is 17.2. The molecule has 3 aliphatic rings. The maximum atomic E-state index is 13.5. The van der Waals surface area contributed by atoms with Crippen LogP contribution >= 0.6 is 0 Å². The van der Waals surface area contributed by atoms with Crippen molar-refractivity contribution in [2.24, 2.45) is 5.92 Å². The van der Waals surface area contributed by atoms with Gasteiger partial charge in [-0.05, 0) is 95.2 Å². The van der Waals surface area contributed by atoms with E-state index in [1.165, 1.54) is 5.56 Å². The van der Waals surface area contributed by atoms with Crippen LogP contribution in [0.5, 0.6) is 11.5 Å². The Kier molecular flexibility index (Phi) is 12.1. The minimum absolute atomic E-state index is 0.0604. The predicted octanol–water partition coefficient (Wildman–Crippen LogP) is 4.34. The number of carbonyl (C=O) groups is 2. The lowest BCUT2D eigenvalue weighted by Gasteiger charge is -2.46. The first-order valence-electron chi connectivity index (χ1n) is 17.2. The molecule has 5 rings (SSSR count). The molecule has 0 aromatic heterocycles. The Labute approximate surface area is 281 Å². The van der Waals surface area contributed by atoms with Crippen LogP contribution in [0.2, 0.25) is 0 Å². The number of nitrogens with one attached hydrogen (secondary N) is 1. The summed E-state index contributed by atoms with van der Waals surface area (Å²) in [5, 5.41) is 3.02. The Bertz CT molecular complexity index is 1370. The monoisotopic (exact) mass is 643 g/mol. The number of carbonyl (C=O) groups excluding carboxylic acids is 2. The molecule has 0 spiro atoms. The van der Waals surface area contributed by atoms with Crippen molar-refractivity contribution in [3.8, 4) is 11.5 Å². The van der Waals surface area contributed by atoms with Crippen molar-refractivity contribution < 1.29 is 19.1 Å². The number of amides is 2. The van der Waals surface area contributed by atoms with Gasteiger partial charge in [0, 0.05) is 62.8 Å². The molecule has 1 unspecified atom stereocenters. The number of hydrogen-bond acceptors (Lipinski definition) is 7. The zero-order valence-electron chi connectivity index (χ0n) is 28.7. The third-order valence-corrected chi connectivity index (χ3v) is 9.83. The van der Waals surface area contributed by atoms with E-state index in [2.05, 4.69) is 76.3 Å². The zero-order valence-corrected chi connectivity index (χ0v) is 28.7. The van der Waals surface area contributed by atoms with Crippen molar-refractivity contribution in [2.75, 3.05) is 73.6 Å². The molecule has 47 heavy (non-hydrogen) atoms. The van der Waals surface area contributed by atoms with Crippen LogP contribution in [0.3, 0.4) is 0 Å². The molecule has 2 aliphatic heterocycles. The number of benzene rings is 2. The normalized spacial score (nSPS) is 21.0. The Balaban J connectivity index is 1.00. The van der Waals surface area contributed by atoms with Gasteiger partial charge in [0.25, 0.3) is 5.91 Å². The predicted molar refractivity (Wildman–Crippen MR) is 186 cm³/mol. The molecular weight excluding hydrogens is 590 g/mol. The molecule has 1 aliphatic carbocycles. The van der Waals surface area contributed by atoms with Crippen LogP contribution in [0.25, 0.3) is 0 Å². The number of likely N-dealkylation sites (tertiary alicyclic amines) is 1. The largest absolute Gasteiger partial charge is 0.497 e. The van der Waals surface area contributed by atoms with Crippen molar-refractivity contribution >= 4 is 11.8 Å². The topological polar surface area (TPSA) is 77.6 Å². The van der Waals surface area contributed by atoms with E-state index < -0.39 is 0 Å². The summed E-state index contributed by atoms with van der Waals surface area (Å²) in [6.45, 7) is 10.5. The molecule has 9 nitrogen and oxygen atoms in total. The van der Waals surface area contributed by atoms with Crippen LogP contribution in [0.1, 0.15) is 43.7 Å². The number of hydrogen-bond donors (Lipinski definition) is 1. The van der Waals surface area contributed by atoms with E-state index in [4.69, 9.17) is 9.47 Å². The molecule has 1 atom stereocenters. The molecule has 0 bridgehead atoms. The fraction of sp³-hybridized carbons (Fsp3) is 0.526. The summed E-state index contributed by atoms with van der Waals surface area (Å²) in [6, 6.07) is 16.2. The van der Waals surface area contributed by atoms with Gasteiger partial charge in [0.2, 0.25) is 5.91 Å². The molecule has 2 fully saturated rings. The van der Waals surface area contributed by atoms with Gasteiger partial charge in [-0.25, -0.2) is 0 Å². The molecule has 2 heterocycles. The Hall–Kier alpha value is -3.66. The maximum Gasteiger partial charge on any atom is 0.251 e. The number of piperidine rings is 1. The van der Waals surface area contributed by atoms with Gasteiger partial charge in [-0.2, -0.15) is 0 Å². The second-order valence-electron chi connectivity index (χ2n) is 13.6. The lowest BCUT2D eigenvalue weighted by atomic mass is 9.87. The Morgan fingerprint density at radius 3 is 2.19 bits per heavy atom. The first-order chi connectivity index (χ1) is 22.7. The van der Waals surface area contributed by atoms with Gasteiger partial charge in [0.1, 0.15) is 11.5 Å². The molecular formula is C38H53N5O4. The molecule has 0 saturated carbocycles. The third-order valence-electron chi connectivity index (χ3n) is 9.83. The maximum absolute atomic E-state index is 13.5. The summed E-state index contributed by atoms with van der Waals surface area (Å²) in [6.07, 6.45) is 9.78. The highest BCUT2D eigenvalue weighted by Crippen LogP contribution is 2.30. The Morgan fingerprint density at radius 2 is 1.57 bits per heavy atom. The minimum Gasteiger partial charge on any atom is -0.497 e. The molecule has 2 amide bonds. The first kappa shape index (κ1) is 34.7. The van der Waals surface area contributed by atoms with Gasteiger partial charge < -0.3 is 24.6 Å². The minimum atomic E-state index is -0.156. The van der Waals surface area contributed by atoms with Gasteiger partial charge >= 0.3 is 0 Å². The zero-order chi connectivity index (χ0) is 33.2. The van der Waals surface area contributed by atoms with Crippen LogP contribution < -0.4 is 14.8 Å². The van der Waals surface area contributed by atoms with Gasteiger partial charge in [-0.15, -0.1) is 0 Å². The lowest BCUT2D eigenvalue weighted by Crippen LogP contribution is -2.57. The number of rotatable bonds is 13. The van der Waals surface area contributed by atoms with Crippen LogP contribution in [0.15, 0.2) is 72.3 Å². The van der Waals surface area contributed by atoms with Gasteiger partial charge in [0.05, 0.1) is 13.7 Å². The van der Waals surface area contributed by atoms with Crippen LogP contribution in [-0.4, -0.2) is 111 Å². The van der Waals surface area contributed by atoms with Crippen LogP contribution in [-0.2, 0) is 22.7 Å². The summed E-state index contributed by atoms with van der Waals surface area (Å²) >= 11 is 0. The van der Waals surface area contributed by atoms with E-state index in [0.717, 1.165) is 102 Å².